The van der Waals surface area contributed by atoms with Crippen LogP contribution in [0.1, 0.15) is 21.5 Å². The minimum Gasteiger partial charge on any atom is -0.495 e. The van der Waals surface area contributed by atoms with Crippen LogP contribution in [0.5, 0.6) is 5.75 Å². The van der Waals surface area contributed by atoms with E-state index < -0.39 is 17.6 Å². The second kappa shape index (κ2) is 10.1. The Kier molecular flexibility index (Phi) is 6.68. The van der Waals surface area contributed by atoms with Gasteiger partial charge in [0.15, 0.2) is 0 Å². The summed E-state index contributed by atoms with van der Waals surface area (Å²) in [5.41, 5.74) is 14.6. The number of nitrogens with zero attached hydrogens (tertiary/aromatic N) is 4. The Morgan fingerprint density at radius 2 is 1.65 bits per heavy atom. The first kappa shape index (κ1) is 26.4. The zero-order valence-corrected chi connectivity index (χ0v) is 21.2. The van der Waals surface area contributed by atoms with Gasteiger partial charge in [-0.25, -0.2) is 19.9 Å². The molecule has 0 aliphatic carbocycles. The van der Waals surface area contributed by atoms with Crippen molar-refractivity contribution < 1.29 is 22.7 Å². The quantitative estimate of drug-likeness (QED) is 0.263. The lowest BCUT2D eigenvalue weighted by Crippen LogP contribution is -2.13. The first-order chi connectivity index (χ1) is 19.0. The number of carbonyl (C=O) groups is 1. The number of hydrogen-bond acceptors (Lipinski definition) is 8. The Hall–Kier alpha value is -5.26. The SMILES string of the molecule is COc1c(-c2cc(C(=O)Nc3cccc(C(F)(F)F)c3)ccc2C)cc2cnc(N)nc2c1-c1cnc(N)nc1. The third kappa shape index (κ3) is 5.06. The molecule has 3 aromatic carbocycles. The Bertz CT molecular complexity index is 1760. The smallest absolute Gasteiger partial charge is 0.416 e. The standard InChI is InChI=1S/C28H22F3N7O2/c1-14-6-7-15(25(39)37-19-5-3-4-18(10-19)28(29,30)31)8-20(14)21-9-16-11-36-27(33)38-23(16)22(24(21)40-2)17-12-34-26(32)35-13-17/h3-13H,1-2H3,(H,37,39)(H2,32,34,35)(H2,33,36,38). The molecule has 0 atom stereocenters. The molecule has 40 heavy (non-hydrogen) atoms. The molecule has 0 saturated heterocycles. The number of anilines is 3. The topological polar surface area (TPSA) is 142 Å². The number of nitrogen functional groups attached to an aromatic ring is 2. The van der Waals surface area contributed by atoms with Crippen LogP contribution in [-0.2, 0) is 6.18 Å². The maximum atomic E-state index is 13.1. The number of nitrogens with two attached hydrogens (primary N) is 2. The van der Waals surface area contributed by atoms with E-state index in [1.165, 1.54) is 31.6 Å². The second-order valence-corrected chi connectivity index (χ2v) is 8.89. The van der Waals surface area contributed by atoms with Crippen molar-refractivity contribution in [2.45, 2.75) is 13.1 Å². The van der Waals surface area contributed by atoms with Crippen LogP contribution >= 0.6 is 0 Å². The van der Waals surface area contributed by atoms with E-state index >= 15 is 0 Å². The number of aryl methyl sites for hydroxylation is 1. The monoisotopic (exact) mass is 545 g/mol. The second-order valence-electron chi connectivity index (χ2n) is 8.89. The fourth-order valence-electron chi connectivity index (χ4n) is 4.35. The van der Waals surface area contributed by atoms with Gasteiger partial charge in [0.05, 0.1) is 23.8 Å². The number of methoxy groups -OCH3 is 1. The van der Waals surface area contributed by atoms with Crippen molar-refractivity contribution in [2.75, 3.05) is 23.9 Å². The average molecular weight is 546 g/mol. The van der Waals surface area contributed by atoms with E-state index in [-0.39, 0.29) is 23.1 Å². The fourth-order valence-corrected chi connectivity index (χ4v) is 4.35. The number of alkyl halides is 3. The third-order valence-electron chi connectivity index (χ3n) is 6.25. The van der Waals surface area contributed by atoms with Crippen LogP contribution in [0.25, 0.3) is 33.2 Å². The largest absolute Gasteiger partial charge is 0.495 e. The molecular formula is C28H22F3N7O2. The zero-order valence-electron chi connectivity index (χ0n) is 21.2. The lowest BCUT2D eigenvalue weighted by Gasteiger charge is -2.18. The van der Waals surface area contributed by atoms with E-state index in [1.807, 2.05) is 13.0 Å². The van der Waals surface area contributed by atoms with E-state index in [4.69, 9.17) is 16.2 Å². The van der Waals surface area contributed by atoms with Gasteiger partial charge in [0.1, 0.15) is 5.75 Å². The molecular weight excluding hydrogens is 523 g/mol. The molecule has 0 aliphatic rings. The van der Waals surface area contributed by atoms with E-state index in [0.29, 0.717) is 38.9 Å². The molecule has 0 fully saturated rings. The Morgan fingerprint density at radius 3 is 2.35 bits per heavy atom. The van der Waals surface area contributed by atoms with E-state index in [0.717, 1.165) is 17.7 Å². The minimum absolute atomic E-state index is 0.0191. The molecule has 5 aromatic rings. The highest BCUT2D eigenvalue weighted by Crippen LogP contribution is 2.44. The maximum absolute atomic E-state index is 13.1. The van der Waals surface area contributed by atoms with Gasteiger partial charge in [0.25, 0.3) is 5.91 Å². The van der Waals surface area contributed by atoms with Gasteiger partial charge in [-0.2, -0.15) is 13.2 Å². The van der Waals surface area contributed by atoms with Crippen LogP contribution in [0.15, 0.2) is 67.1 Å². The number of fused-ring (bicyclic) bond motifs is 1. The summed E-state index contributed by atoms with van der Waals surface area (Å²) in [5, 5.41) is 3.18. The van der Waals surface area contributed by atoms with Crippen LogP contribution in [-0.4, -0.2) is 33.0 Å². The molecule has 5 N–H and O–H groups in total. The van der Waals surface area contributed by atoms with Gasteiger partial charge in [0, 0.05) is 46.4 Å². The van der Waals surface area contributed by atoms with Crippen LogP contribution in [0.2, 0.25) is 0 Å². The summed E-state index contributed by atoms with van der Waals surface area (Å²) in [6.07, 6.45) is 0.106. The number of carbonyl (C=O) groups excluding carboxylic acids is 1. The van der Waals surface area contributed by atoms with Crippen molar-refractivity contribution in [3.8, 4) is 28.0 Å². The molecule has 0 bridgehead atoms. The summed E-state index contributed by atoms with van der Waals surface area (Å²) in [7, 11) is 1.50. The predicted octanol–water partition coefficient (Wildman–Crippen LogP) is 5.51. The van der Waals surface area contributed by atoms with Crippen LogP contribution in [0.3, 0.4) is 0 Å². The van der Waals surface area contributed by atoms with Crippen molar-refractivity contribution in [1.29, 1.82) is 0 Å². The van der Waals surface area contributed by atoms with Gasteiger partial charge in [-0.1, -0.05) is 12.1 Å². The maximum Gasteiger partial charge on any atom is 0.416 e. The number of halogens is 3. The summed E-state index contributed by atoms with van der Waals surface area (Å²) < 4.78 is 45.3. The van der Waals surface area contributed by atoms with Gasteiger partial charge in [-0.05, 0) is 54.4 Å². The molecule has 202 valence electrons. The highest BCUT2D eigenvalue weighted by Gasteiger charge is 2.30. The van der Waals surface area contributed by atoms with Gasteiger partial charge < -0.3 is 21.5 Å². The summed E-state index contributed by atoms with van der Waals surface area (Å²) in [6, 6.07) is 11.2. The Balaban J connectivity index is 1.64. The molecule has 2 heterocycles. The summed E-state index contributed by atoms with van der Waals surface area (Å²) >= 11 is 0. The Labute approximate surface area is 226 Å². The van der Waals surface area contributed by atoms with Gasteiger partial charge in [-0.15, -0.1) is 0 Å². The number of benzene rings is 3. The molecule has 1 amide bonds. The first-order valence-corrected chi connectivity index (χ1v) is 11.9. The normalized spacial score (nSPS) is 11.4. The number of ether oxygens (including phenoxy) is 1. The summed E-state index contributed by atoms with van der Waals surface area (Å²) in [5.74, 6) is -0.0156. The number of rotatable bonds is 5. The van der Waals surface area contributed by atoms with Crippen molar-refractivity contribution in [3.63, 3.8) is 0 Å². The number of nitrogens with one attached hydrogen (secondary N) is 1. The van der Waals surface area contributed by atoms with E-state index in [1.54, 1.807) is 24.4 Å². The van der Waals surface area contributed by atoms with E-state index in [2.05, 4.69) is 25.3 Å². The van der Waals surface area contributed by atoms with Crippen molar-refractivity contribution in [1.82, 2.24) is 19.9 Å². The summed E-state index contributed by atoms with van der Waals surface area (Å²) in [6.45, 7) is 1.86. The van der Waals surface area contributed by atoms with Crippen molar-refractivity contribution in [3.05, 3.63) is 83.8 Å². The Morgan fingerprint density at radius 1 is 0.925 bits per heavy atom. The van der Waals surface area contributed by atoms with Crippen molar-refractivity contribution >= 4 is 34.4 Å². The number of hydrogen-bond donors (Lipinski definition) is 3. The minimum atomic E-state index is -4.54. The predicted molar refractivity (Wildman–Crippen MR) is 146 cm³/mol. The molecule has 0 unspecified atom stereocenters. The summed E-state index contributed by atoms with van der Waals surface area (Å²) in [4.78, 5) is 29.8. The molecule has 0 saturated carbocycles. The molecule has 5 rings (SSSR count). The van der Waals surface area contributed by atoms with Gasteiger partial charge >= 0.3 is 6.18 Å². The zero-order chi connectivity index (χ0) is 28.6. The molecule has 0 spiro atoms. The average Bonchev–Trinajstić information content (AvgIpc) is 2.92. The van der Waals surface area contributed by atoms with Crippen LogP contribution < -0.4 is 21.5 Å². The highest BCUT2D eigenvalue weighted by atomic mass is 19.4. The molecule has 12 heteroatoms. The number of amides is 1. The van der Waals surface area contributed by atoms with Crippen LogP contribution in [0, 0.1) is 6.92 Å². The van der Waals surface area contributed by atoms with E-state index in [9.17, 15) is 18.0 Å². The van der Waals surface area contributed by atoms with Crippen molar-refractivity contribution in [2.24, 2.45) is 0 Å². The lowest BCUT2D eigenvalue weighted by molar-refractivity contribution is -0.137. The number of aromatic nitrogens is 4. The first-order valence-electron chi connectivity index (χ1n) is 11.9. The molecule has 9 nitrogen and oxygen atoms in total. The molecule has 2 aromatic heterocycles. The lowest BCUT2D eigenvalue weighted by atomic mass is 9.92. The van der Waals surface area contributed by atoms with Gasteiger partial charge in [0.2, 0.25) is 11.9 Å². The van der Waals surface area contributed by atoms with Gasteiger partial charge in [-0.3, -0.25) is 4.79 Å². The highest BCUT2D eigenvalue weighted by molar-refractivity contribution is 6.06. The third-order valence-corrected chi connectivity index (χ3v) is 6.25. The molecule has 0 aliphatic heterocycles. The molecule has 0 radical (unpaired) electrons. The van der Waals surface area contributed by atoms with Crippen LogP contribution in [0.4, 0.5) is 30.8 Å². The fraction of sp³-hybridized carbons (Fsp3) is 0.107.